The maximum absolute atomic E-state index is 13.8. The van der Waals surface area contributed by atoms with Crippen LogP contribution in [0.4, 0.5) is 10.1 Å². The zero-order chi connectivity index (χ0) is 15.2. The average molecular weight is 284 g/mol. The molecule has 6 heteroatoms. The summed E-state index contributed by atoms with van der Waals surface area (Å²) >= 11 is 0. The van der Waals surface area contributed by atoms with Gasteiger partial charge in [-0.3, -0.25) is 9.78 Å². The quantitative estimate of drug-likeness (QED) is 0.819. The van der Waals surface area contributed by atoms with Crippen LogP contribution in [0.3, 0.4) is 0 Å². The zero-order valence-corrected chi connectivity index (χ0v) is 11.4. The highest BCUT2D eigenvalue weighted by Gasteiger charge is 2.09. The van der Waals surface area contributed by atoms with Crippen LogP contribution < -0.4 is 11.1 Å². The van der Waals surface area contributed by atoms with Crippen LogP contribution in [0.25, 0.3) is 0 Å². The molecule has 0 radical (unpaired) electrons. The monoisotopic (exact) mass is 284 g/mol. The number of nitrogens with one attached hydrogen (secondary N) is 1. The van der Waals surface area contributed by atoms with Crippen molar-refractivity contribution in [3.05, 3.63) is 53.4 Å². The maximum atomic E-state index is 13.8. The standard InChI is InChI=1S/C15H13FN4O/c1-10-8-19-14(9-18-10)15(21)20-12-5-4-11(3-2-6-17)13(16)7-12/h4-5,7-9H,6,17H2,1H3,(H,20,21). The van der Waals surface area contributed by atoms with Gasteiger partial charge in [0.2, 0.25) is 0 Å². The summed E-state index contributed by atoms with van der Waals surface area (Å²) in [5, 5.41) is 2.55. The van der Waals surface area contributed by atoms with Crippen LogP contribution in [0.1, 0.15) is 21.7 Å². The summed E-state index contributed by atoms with van der Waals surface area (Å²) in [7, 11) is 0. The van der Waals surface area contributed by atoms with Crippen LogP contribution in [0, 0.1) is 24.6 Å². The first-order valence-corrected chi connectivity index (χ1v) is 6.18. The highest BCUT2D eigenvalue weighted by atomic mass is 19.1. The first-order valence-electron chi connectivity index (χ1n) is 6.18. The number of nitrogens with zero attached hydrogens (tertiary/aromatic N) is 2. The lowest BCUT2D eigenvalue weighted by molar-refractivity contribution is 0.102. The SMILES string of the molecule is Cc1cnc(C(=O)Nc2ccc(C#CCN)c(F)c2)cn1. The first kappa shape index (κ1) is 14.6. The Labute approximate surface area is 121 Å². The number of halogens is 1. The molecule has 2 aromatic rings. The van der Waals surface area contributed by atoms with E-state index in [1.54, 1.807) is 13.0 Å². The number of carbonyl (C=O) groups excluding carboxylic acids is 1. The van der Waals surface area contributed by atoms with Gasteiger partial charge in [-0.15, -0.1) is 0 Å². The first-order chi connectivity index (χ1) is 10.1. The van der Waals surface area contributed by atoms with Gasteiger partial charge in [0.1, 0.15) is 11.5 Å². The van der Waals surface area contributed by atoms with E-state index in [0.29, 0.717) is 11.4 Å². The third-order valence-electron chi connectivity index (χ3n) is 2.57. The molecule has 0 unspecified atom stereocenters. The van der Waals surface area contributed by atoms with Crippen molar-refractivity contribution in [1.29, 1.82) is 0 Å². The summed E-state index contributed by atoms with van der Waals surface area (Å²) in [5.41, 5.74) is 6.65. The number of hydrogen-bond donors (Lipinski definition) is 2. The van der Waals surface area contributed by atoms with Crippen LogP contribution in [0.2, 0.25) is 0 Å². The van der Waals surface area contributed by atoms with Gasteiger partial charge < -0.3 is 11.1 Å². The largest absolute Gasteiger partial charge is 0.321 e. The second-order valence-electron chi connectivity index (χ2n) is 4.20. The maximum Gasteiger partial charge on any atom is 0.275 e. The number of rotatable bonds is 2. The van der Waals surface area contributed by atoms with Crippen LogP contribution in [0.5, 0.6) is 0 Å². The average Bonchev–Trinajstić information content (AvgIpc) is 2.47. The molecule has 1 amide bonds. The van der Waals surface area contributed by atoms with Crippen molar-refractivity contribution < 1.29 is 9.18 Å². The molecule has 0 spiro atoms. The molecular weight excluding hydrogens is 271 g/mol. The molecule has 0 atom stereocenters. The molecule has 0 aliphatic rings. The fraction of sp³-hybridized carbons (Fsp3) is 0.133. The molecule has 1 aromatic heterocycles. The second kappa shape index (κ2) is 6.59. The summed E-state index contributed by atoms with van der Waals surface area (Å²) in [6, 6.07) is 4.23. The fourth-order valence-corrected chi connectivity index (χ4v) is 1.55. The van der Waals surface area contributed by atoms with Crippen molar-refractivity contribution in [1.82, 2.24) is 9.97 Å². The van der Waals surface area contributed by atoms with Crippen molar-refractivity contribution >= 4 is 11.6 Å². The lowest BCUT2D eigenvalue weighted by atomic mass is 10.2. The molecule has 0 saturated carbocycles. The Balaban J connectivity index is 2.14. The third kappa shape index (κ3) is 3.84. The predicted molar refractivity (Wildman–Crippen MR) is 77.1 cm³/mol. The molecule has 0 bridgehead atoms. The highest BCUT2D eigenvalue weighted by molar-refractivity contribution is 6.02. The number of benzene rings is 1. The van der Waals surface area contributed by atoms with E-state index < -0.39 is 11.7 Å². The summed E-state index contributed by atoms with van der Waals surface area (Å²) in [6.07, 6.45) is 2.85. The Hall–Kier alpha value is -2.78. The Morgan fingerprint density at radius 3 is 2.81 bits per heavy atom. The molecule has 1 aromatic carbocycles. The van der Waals surface area contributed by atoms with Crippen molar-refractivity contribution in [3.8, 4) is 11.8 Å². The van der Waals surface area contributed by atoms with E-state index in [2.05, 4.69) is 27.1 Å². The summed E-state index contributed by atoms with van der Waals surface area (Å²) in [5.74, 6) is 4.19. The summed E-state index contributed by atoms with van der Waals surface area (Å²) in [6.45, 7) is 1.93. The van der Waals surface area contributed by atoms with Crippen LogP contribution in [-0.2, 0) is 0 Å². The van der Waals surface area contributed by atoms with Crippen molar-refractivity contribution in [2.24, 2.45) is 5.73 Å². The minimum atomic E-state index is -0.524. The van der Waals surface area contributed by atoms with E-state index in [4.69, 9.17) is 5.73 Å². The molecule has 0 aliphatic heterocycles. The third-order valence-corrected chi connectivity index (χ3v) is 2.57. The molecule has 3 N–H and O–H groups in total. The van der Waals surface area contributed by atoms with Gasteiger partial charge in [0.15, 0.2) is 0 Å². The molecule has 2 rings (SSSR count). The lowest BCUT2D eigenvalue weighted by Gasteiger charge is -2.05. The second-order valence-corrected chi connectivity index (χ2v) is 4.20. The minimum Gasteiger partial charge on any atom is -0.321 e. The van der Waals surface area contributed by atoms with Gasteiger partial charge in [-0.25, -0.2) is 9.37 Å². The predicted octanol–water partition coefficient (Wildman–Crippen LogP) is 1.49. The zero-order valence-electron chi connectivity index (χ0n) is 11.4. The van der Waals surface area contributed by atoms with E-state index in [1.807, 2.05) is 0 Å². The molecule has 106 valence electrons. The highest BCUT2D eigenvalue weighted by Crippen LogP contribution is 2.14. The molecule has 0 saturated heterocycles. The topological polar surface area (TPSA) is 80.9 Å². The number of carbonyl (C=O) groups is 1. The number of anilines is 1. The normalized spacial score (nSPS) is 9.67. The van der Waals surface area contributed by atoms with Gasteiger partial charge >= 0.3 is 0 Å². The number of amides is 1. The Kier molecular flexibility index (Phi) is 4.59. The van der Waals surface area contributed by atoms with E-state index in [-0.39, 0.29) is 17.8 Å². The van der Waals surface area contributed by atoms with Gasteiger partial charge in [0.05, 0.1) is 24.0 Å². The van der Waals surface area contributed by atoms with Crippen molar-refractivity contribution in [3.63, 3.8) is 0 Å². The Bertz CT molecular complexity index is 717. The van der Waals surface area contributed by atoms with Gasteiger partial charge in [0, 0.05) is 11.9 Å². The van der Waals surface area contributed by atoms with E-state index in [0.717, 1.165) is 0 Å². The summed E-state index contributed by atoms with van der Waals surface area (Å²) in [4.78, 5) is 19.8. The molecule has 0 fully saturated rings. The molecule has 1 heterocycles. The molecular formula is C15H13FN4O. The Morgan fingerprint density at radius 2 is 2.19 bits per heavy atom. The number of hydrogen-bond acceptors (Lipinski definition) is 4. The van der Waals surface area contributed by atoms with Crippen LogP contribution in [0.15, 0.2) is 30.6 Å². The van der Waals surface area contributed by atoms with E-state index in [1.165, 1.54) is 24.5 Å². The number of aryl methyl sites for hydroxylation is 1. The van der Waals surface area contributed by atoms with E-state index in [9.17, 15) is 9.18 Å². The Morgan fingerprint density at radius 1 is 1.38 bits per heavy atom. The van der Waals surface area contributed by atoms with Crippen molar-refractivity contribution in [2.75, 3.05) is 11.9 Å². The van der Waals surface area contributed by atoms with E-state index >= 15 is 0 Å². The van der Waals surface area contributed by atoms with Crippen molar-refractivity contribution in [2.45, 2.75) is 6.92 Å². The number of nitrogens with two attached hydrogens (primary N) is 1. The van der Waals surface area contributed by atoms with Crippen LogP contribution >= 0.6 is 0 Å². The van der Waals surface area contributed by atoms with Crippen LogP contribution in [-0.4, -0.2) is 22.4 Å². The van der Waals surface area contributed by atoms with Gasteiger partial charge in [0.25, 0.3) is 5.91 Å². The molecule has 21 heavy (non-hydrogen) atoms. The molecule has 5 nitrogen and oxygen atoms in total. The summed E-state index contributed by atoms with van der Waals surface area (Å²) < 4.78 is 13.8. The van der Waals surface area contributed by atoms with Gasteiger partial charge in [-0.05, 0) is 25.1 Å². The van der Waals surface area contributed by atoms with Gasteiger partial charge in [-0.1, -0.05) is 11.8 Å². The lowest BCUT2D eigenvalue weighted by Crippen LogP contribution is -2.14. The minimum absolute atomic E-state index is 0.157. The molecule has 0 aliphatic carbocycles. The number of aromatic nitrogens is 2. The van der Waals surface area contributed by atoms with Gasteiger partial charge in [-0.2, -0.15) is 0 Å². The smallest absolute Gasteiger partial charge is 0.275 e. The fourth-order valence-electron chi connectivity index (χ4n) is 1.55.